The Morgan fingerprint density at radius 1 is 1.40 bits per heavy atom. The van der Waals surface area contributed by atoms with Crippen LogP contribution in [-0.2, 0) is 4.79 Å². The summed E-state index contributed by atoms with van der Waals surface area (Å²) < 4.78 is 5.35. The van der Waals surface area contributed by atoms with Crippen LogP contribution >= 0.6 is 23.6 Å². The zero-order valence-corrected chi connectivity index (χ0v) is 12.4. The molecule has 104 valence electrons. The van der Waals surface area contributed by atoms with E-state index >= 15 is 0 Å². The van der Waals surface area contributed by atoms with E-state index in [0.717, 1.165) is 5.56 Å². The fourth-order valence-corrected chi connectivity index (χ4v) is 2.17. The van der Waals surface area contributed by atoms with Gasteiger partial charge in [0, 0.05) is 11.6 Å². The molecule has 2 N–H and O–H groups in total. The van der Waals surface area contributed by atoms with E-state index in [1.807, 2.05) is 36.6 Å². The number of aryl methyl sites for hydroxylation is 1. The largest absolute Gasteiger partial charge is 0.484 e. The van der Waals surface area contributed by atoms with Crippen molar-refractivity contribution < 1.29 is 9.53 Å². The van der Waals surface area contributed by atoms with E-state index in [4.69, 9.17) is 17.0 Å². The van der Waals surface area contributed by atoms with E-state index in [-0.39, 0.29) is 17.6 Å². The molecule has 0 radical (unpaired) electrons. The number of thiocarbonyl (C=S) groups is 1. The number of rotatable bonds is 4. The molecular formula is C13H13N3O2S2. The molecule has 0 saturated heterocycles. The number of hydrogen-bond donors (Lipinski definition) is 2. The first-order chi connectivity index (χ1) is 9.63. The van der Waals surface area contributed by atoms with Crippen molar-refractivity contribution in [3.8, 4) is 5.75 Å². The van der Waals surface area contributed by atoms with Gasteiger partial charge in [0.15, 0.2) is 16.9 Å². The van der Waals surface area contributed by atoms with Gasteiger partial charge in [-0.1, -0.05) is 17.7 Å². The van der Waals surface area contributed by atoms with Gasteiger partial charge in [-0.05, 0) is 31.3 Å². The number of carbonyl (C=O) groups is 1. The van der Waals surface area contributed by atoms with Crippen LogP contribution in [0.2, 0.25) is 0 Å². The normalized spacial score (nSPS) is 9.85. The van der Waals surface area contributed by atoms with Gasteiger partial charge in [0.25, 0.3) is 5.91 Å². The highest BCUT2D eigenvalue weighted by molar-refractivity contribution is 7.80. The Balaban J connectivity index is 1.75. The topological polar surface area (TPSA) is 63.2 Å². The van der Waals surface area contributed by atoms with E-state index in [1.165, 1.54) is 11.3 Å². The number of benzene rings is 1. The summed E-state index contributed by atoms with van der Waals surface area (Å²) in [4.78, 5) is 15.6. The molecule has 2 aromatic rings. The highest BCUT2D eigenvalue weighted by atomic mass is 32.1. The number of ether oxygens (including phenoxy) is 1. The number of amides is 1. The fraction of sp³-hybridized carbons (Fsp3) is 0.154. The van der Waals surface area contributed by atoms with Crippen molar-refractivity contribution in [3.05, 3.63) is 41.4 Å². The molecule has 0 atom stereocenters. The van der Waals surface area contributed by atoms with Gasteiger partial charge in [-0.3, -0.25) is 10.1 Å². The van der Waals surface area contributed by atoms with E-state index in [9.17, 15) is 4.79 Å². The maximum Gasteiger partial charge on any atom is 0.264 e. The smallest absolute Gasteiger partial charge is 0.264 e. The van der Waals surface area contributed by atoms with Crippen LogP contribution in [0.1, 0.15) is 5.56 Å². The Labute approximate surface area is 126 Å². The van der Waals surface area contributed by atoms with Gasteiger partial charge in [-0.15, -0.1) is 11.3 Å². The molecule has 0 spiro atoms. The number of anilines is 1. The fourth-order valence-electron chi connectivity index (χ4n) is 1.36. The second kappa shape index (κ2) is 6.97. The predicted octanol–water partition coefficient (Wildman–Crippen LogP) is 2.34. The zero-order valence-electron chi connectivity index (χ0n) is 10.8. The Kier molecular flexibility index (Phi) is 5.03. The average Bonchev–Trinajstić information content (AvgIpc) is 2.90. The third-order valence-corrected chi connectivity index (χ3v) is 3.19. The van der Waals surface area contributed by atoms with Crippen LogP contribution in [0.5, 0.6) is 5.75 Å². The summed E-state index contributed by atoms with van der Waals surface area (Å²) >= 11 is 6.39. The molecule has 1 heterocycles. The predicted molar refractivity (Wildman–Crippen MR) is 83.2 cm³/mol. The molecule has 0 unspecified atom stereocenters. The van der Waals surface area contributed by atoms with Crippen molar-refractivity contribution in [1.82, 2.24) is 10.3 Å². The minimum atomic E-state index is -0.320. The maximum absolute atomic E-state index is 11.6. The van der Waals surface area contributed by atoms with Crippen LogP contribution in [0, 0.1) is 6.92 Å². The zero-order chi connectivity index (χ0) is 14.4. The Morgan fingerprint density at radius 2 is 2.15 bits per heavy atom. The molecule has 1 amide bonds. The lowest BCUT2D eigenvalue weighted by molar-refractivity contribution is -0.121. The second-order valence-corrected chi connectivity index (χ2v) is 5.24. The molecule has 5 nitrogen and oxygen atoms in total. The van der Waals surface area contributed by atoms with E-state index in [1.54, 1.807) is 6.20 Å². The summed E-state index contributed by atoms with van der Waals surface area (Å²) in [6.07, 6.45) is 1.65. The highest BCUT2D eigenvalue weighted by Crippen LogP contribution is 2.11. The van der Waals surface area contributed by atoms with Crippen LogP contribution < -0.4 is 15.4 Å². The van der Waals surface area contributed by atoms with Crippen LogP contribution in [-0.4, -0.2) is 22.6 Å². The van der Waals surface area contributed by atoms with E-state index < -0.39 is 0 Å². The summed E-state index contributed by atoms with van der Waals surface area (Å²) in [6.45, 7) is 1.89. The average molecular weight is 307 g/mol. The molecule has 0 fully saturated rings. The number of thiazole rings is 1. The number of nitrogens with one attached hydrogen (secondary N) is 2. The molecule has 2 rings (SSSR count). The van der Waals surface area contributed by atoms with E-state index in [0.29, 0.717) is 10.9 Å². The maximum atomic E-state index is 11.6. The van der Waals surface area contributed by atoms with Gasteiger partial charge in [-0.2, -0.15) is 0 Å². The summed E-state index contributed by atoms with van der Waals surface area (Å²) in [5, 5.41) is 7.99. The van der Waals surface area contributed by atoms with Gasteiger partial charge in [-0.25, -0.2) is 4.98 Å². The molecule has 20 heavy (non-hydrogen) atoms. The van der Waals surface area contributed by atoms with Crippen molar-refractivity contribution in [2.75, 3.05) is 11.9 Å². The minimum Gasteiger partial charge on any atom is -0.484 e. The molecule has 0 bridgehead atoms. The Morgan fingerprint density at radius 3 is 2.80 bits per heavy atom. The highest BCUT2D eigenvalue weighted by Gasteiger charge is 2.06. The quantitative estimate of drug-likeness (QED) is 0.849. The van der Waals surface area contributed by atoms with Crippen molar-refractivity contribution in [3.63, 3.8) is 0 Å². The standard InChI is InChI=1S/C13H13N3O2S2/c1-9-2-4-10(5-3-9)18-8-11(17)15-12(19)16-13-14-6-7-20-13/h2-7H,8H2,1H3,(H2,14,15,16,17,19). The van der Waals surface area contributed by atoms with Crippen LogP contribution in [0.15, 0.2) is 35.8 Å². The minimum absolute atomic E-state index is 0.0945. The van der Waals surface area contributed by atoms with Gasteiger partial charge in [0.2, 0.25) is 0 Å². The van der Waals surface area contributed by atoms with Gasteiger partial charge < -0.3 is 10.1 Å². The molecule has 1 aromatic heterocycles. The van der Waals surface area contributed by atoms with Gasteiger partial charge >= 0.3 is 0 Å². The summed E-state index contributed by atoms with van der Waals surface area (Å²) in [5.41, 5.74) is 1.13. The van der Waals surface area contributed by atoms with Crippen molar-refractivity contribution in [2.24, 2.45) is 0 Å². The third kappa shape index (κ3) is 4.60. The molecule has 7 heteroatoms. The van der Waals surface area contributed by atoms with E-state index in [2.05, 4.69) is 15.6 Å². The molecule has 1 aromatic carbocycles. The molecule has 0 aliphatic rings. The second-order valence-electron chi connectivity index (χ2n) is 3.94. The third-order valence-electron chi connectivity index (χ3n) is 2.30. The Bertz CT molecular complexity index is 582. The van der Waals surface area contributed by atoms with Crippen molar-refractivity contribution in [2.45, 2.75) is 6.92 Å². The number of carbonyl (C=O) groups excluding carboxylic acids is 1. The summed E-state index contributed by atoms with van der Waals surface area (Å²) in [6, 6.07) is 7.47. The number of aromatic nitrogens is 1. The van der Waals surface area contributed by atoms with Gasteiger partial charge in [0.1, 0.15) is 5.75 Å². The van der Waals surface area contributed by atoms with Crippen LogP contribution in [0.4, 0.5) is 5.13 Å². The summed E-state index contributed by atoms with van der Waals surface area (Å²) in [5.74, 6) is 0.323. The van der Waals surface area contributed by atoms with Crippen molar-refractivity contribution in [1.29, 1.82) is 0 Å². The molecule has 0 saturated carbocycles. The lowest BCUT2D eigenvalue weighted by atomic mass is 10.2. The monoisotopic (exact) mass is 307 g/mol. The Hall–Kier alpha value is -1.99. The summed E-state index contributed by atoms with van der Waals surface area (Å²) in [7, 11) is 0. The molecule has 0 aliphatic heterocycles. The lowest BCUT2D eigenvalue weighted by Gasteiger charge is -2.08. The lowest BCUT2D eigenvalue weighted by Crippen LogP contribution is -2.37. The number of nitrogens with zero attached hydrogens (tertiary/aromatic N) is 1. The first kappa shape index (κ1) is 14.4. The van der Waals surface area contributed by atoms with Crippen LogP contribution in [0.25, 0.3) is 0 Å². The number of hydrogen-bond acceptors (Lipinski definition) is 5. The molecule has 0 aliphatic carbocycles. The molecular weight excluding hydrogens is 294 g/mol. The SMILES string of the molecule is Cc1ccc(OCC(=O)NC(=S)Nc2nccs2)cc1. The van der Waals surface area contributed by atoms with Crippen molar-refractivity contribution >= 4 is 39.7 Å². The van der Waals surface area contributed by atoms with Crippen LogP contribution in [0.3, 0.4) is 0 Å². The van der Waals surface area contributed by atoms with Gasteiger partial charge in [0.05, 0.1) is 0 Å². The first-order valence-electron chi connectivity index (χ1n) is 5.83. The first-order valence-corrected chi connectivity index (χ1v) is 7.12.